The van der Waals surface area contributed by atoms with Crippen LogP contribution in [0.3, 0.4) is 0 Å². The molecule has 0 aromatic heterocycles. The summed E-state index contributed by atoms with van der Waals surface area (Å²) in [5.74, 6) is 0.879. The van der Waals surface area contributed by atoms with Crippen LogP contribution in [0.4, 0.5) is 5.69 Å². The summed E-state index contributed by atoms with van der Waals surface area (Å²) in [5, 5.41) is 3.19. The van der Waals surface area contributed by atoms with Crippen molar-refractivity contribution < 1.29 is 9.53 Å². The number of hydrogen-bond donors (Lipinski definition) is 1. The van der Waals surface area contributed by atoms with E-state index in [0.717, 1.165) is 17.0 Å². The lowest BCUT2D eigenvalue weighted by molar-refractivity contribution is 0.0975. The fourth-order valence-corrected chi connectivity index (χ4v) is 1.86. The maximum Gasteiger partial charge on any atom is 0.184 e. The number of hydrogen-bond acceptors (Lipinski definition) is 3. The number of carbonyl (C=O) groups excluding carboxylic acids is 1. The molecule has 1 unspecified atom stereocenters. The number of rotatable bonds is 5. The highest BCUT2D eigenvalue weighted by Gasteiger charge is 2.14. The highest BCUT2D eigenvalue weighted by Crippen LogP contribution is 2.16. The van der Waals surface area contributed by atoms with Crippen molar-refractivity contribution >= 4 is 11.5 Å². The van der Waals surface area contributed by atoms with E-state index in [2.05, 4.69) is 5.32 Å². The Hall–Kier alpha value is -2.29. The van der Waals surface area contributed by atoms with Crippen molar-refractivity contribution in [3.8, 4) is 5.75 Å². The monoisotopic (exact) mass is 255 g/mol. The van der Waals surface area contributed by atoms with Gasteiger partial charge in [-0.25, -0.2) is 0 Å². The molecule has 2 rings (SSSR count). The molecule has 0 spiro atoms. The van der Waals surface area contributed by atoms with E-state index in [0.29, 0.717) is 0 Å². The molecule has 0 bridgehead atoms. The highest BCUT2D eigenvalue weighted by atomic mass is 16.5. The SMILES string of the molecule is COc1ccc(NC(C)C(=O)c2ccccc2)cc1. The van der Waals surface area contributed by atoms with Gasteiger partial charge < -0.3 is 10.1 Å². The summed E-state index contributed by atoms with van der Waals surface area (Å²) in [5.41, 5.74) is 1.62. The number of methoxy groups -OCH3 is 1. The lowest BCUT2D eigenvalue weighted by Gasteiger charge is -2.14. The summed E-state index contributed by atoms with van der Waals surface area (Å²) in [7, 11) is 1.63. The van der Waals surface area contributed by atoms with Gasteiger partial charge in [0, 0.05) is 11.3 Å². The fourth-order valence-electron chi connectivity index (χ4n) is 1.86. The Morgan fingerprint density at radius 2 is 1.68 bits per heavy atom. The summed E-state index contributed by atoms with van der Waals surface area (Å²) in [6, 6.07) is 16.5. The van der Waals surface area contributed by atoms with Gasteiger partial charge in [-0.2, -0.15) is 0 Å². The van der Waals surface area contributed by atoms with Gasteiger partial charge in [0.25, 0.3) is 0 Å². The Labute approximate surface area is 113 Å². The molecule has 0 fully saturated rings. The van der Waals surface area contributed by atoms with Crippen LogP contribution in [0.2, 0.25) is 0 Å². The van der Waals surface area contributed by atoms with E-state index in [1.165, 1.54) is 0 Å². The Kier molecular flexibility index (Phi) is 4.18. The molecule has 2 aromatic rings. The summed E-state index contributed by atoms with van der Waals surface area (Å²) in [4.78, 5) is 12.2. The maximum absolute atomic E-state index is 12.2. The molecule has 19 heavy (non-hydrogen) atoms. The van der Waals surface area contributed by atoms with Crippen molar-refractivity contribution in [3.05, 3.63) is 60.2 Å². The van der Waals surface area contributed by atoms with E-state index in [-0.39, 0.29) is 11.8 Å². The lowest BCUT2D eigenvalue weighted by Crippen LogP contribution is -2.26. The van der Waals surface area contributed by atoms with Crippen LogP contribution in [0, 0.1) is 0 Å². The van der Waals surface area contributed by atoms with Gasteiger partial charge in [-0.3, -0.25) is 4.79 Å². The minimum atomic E-state index is -0.268. The third-order valence-corrected chi connectivity index (χ3v) is 2.92. The number of ether oxygens (including phenoxy) is 1. The molecule has 0 radical (unpaired) electrons. The van der Waals surface area contributed by atoms with Gasteiger partial charge in [0.15, 0.2) is 5.78 Å². The molecule has 3 nitrogen and oxygen atoms in total. The van der Waals surface area contributed by atoms with Crippen molar-refractivity contribution in [3.63, 3.8) is 0 Å². The molecule has 1 N–H and O–H groups in total. The first-order valence-electron chi connectivity index (χ1n) is 6.20. The summed E-state index contributed by atoms with van der Waals surface area (Å²) >= 11 is 0. The van der Waals surface area contributed by atoms with Crippen LogP contribution in [-0.2, 0) is 0 Å². The van der Waals surface area contributed by atoms with E-state index in [1.54, 1.807) is 7.11 Å². The zero-order valence-corrected chi connectivity index (χ0v) is 11.1. The second kappa shape index (κ2) is 6.05. The average molecular weight is 255 g/mol. The first kappa shape index (κ1) is 13.1. The Morgan fingerprint density at radius 3 is 2.26 bits per heavy atom. The molecule has 0 amide bonds. The molecule has 0 heterocycles. The summed E-state index contributed by atoms with van der Waals surface area (Å²) in [6.45, 7) is 1.86. The van der Waals surface area contributed by atoms with Gasteiger partial charge in [0.1, 0.15) is 5.75 Å². The van der Waals surface area contributed by atoms with Crippen LogP contribution >= 0.6 is 0 Å². The zero-order chi connectivity index (χ0) is 13.7. The predicted octanol–water partition coefficient (Wildman–Crippen LogP) is 3.38. The quantitative estimate of drug-likeness (QED) is 0.832. The number of ketones is 1. The molecule has 0 aliphatic carbocycles. The first-order valence-corrected chi connectivity index (χ1v) is 6.20. The van der Waals surface area contributed by atoms with Crippen molar-refractivity contribution in [2.75, 3.05) is 12.4 Å². The van der Waals surface area contributed by atoms with Crippen LogP contribution in [-0.4, -0.2) is 18.9 Å². The molecule has 98 valence electrons. The van der Waals surface area contributed by atoms with E-state index in [9.17, 15) is 4.79 Å². The van der Waals surface area contributed by atoms with Gasteiger partial charge in [-0.15, -0.1) is 0 Å². The topological polar surface area (TPSA) is 38.3 Å². The Balaban J connectivity index is 2.04. The molecule has 2 aromatic carbocycles. The molecule has 0 saturated carbocycles. The van der Waals surface area contributed by atoms with Crippen LogP contribution in [0.5, 0.6) is 5.75 Å². The molecular weight excluding hydrogens is 238 g/mol. The van der Waals surface area contributed by atoms with E-state index < -0.39 is 0 Å². The lowest BCUT2D eigenvalue weighted by atomic mass is 10.1. The molecule has 0 aliphatic rings. The molecule has 0 saturated heterocycles. The third kappa shape index (κ3) is 3.35. The van der Waals surface area contributed by atoms with Crippen molar-refractivity contribution in [2.24, 2.45) is 0 Å². The second-order valence-electron chi connectivity index (χ2n) is 4.32. The van der Waals surface area contributed by atoms with Crippen molar-refractivity contribution in [1.29, 1.82) is 0 Å². The smallest absolute Gasteiger partial charge is 0.184 e. The average Bonchev–Trinajstić information content (AvgIpc) is 2.48. The van der Waals surface area contributed by atoms with E-state index in [4.69, 9.17) is 4.74 Å². The molecule has 0 aliphatic heterocycles. The summed E-state index contributed by atoms with van der Waals surface area (Å²) < 4.78 is 5.10. The molecule has 3 heteroatoms. The standard InChI is InChI=1S/C16H17NO2/c1-12(16(18)13-6-4-3-5-7-13)17-14-8-10-15(19-2)11-9-14/h3-12,17H,1-2H3. The number of anilines is 1. The van der Waals surface area contributed by atoms with Gasteiger partial charge >= 0.3 is 0 Å². The zero-order valence-electron chi connectivity index (χ0n) is 11.1. The normalized spacial score (nSPS) is 11.7. The van der Waals surface area contributed by atoms with Gasteiger partial charge in [0.05, 0.1) is 13.2 Å². The Bertz CT molecular complexity index is 534. The molecule has 1 atom stereocenters. The van der Waals surface area contributed by atoms with E-state index in [1.807, 2.05) is 61.5 Å². The van der Waals surface area contributed by atoms with E-state index >= 15 is 0 Å². The van der Waals surface area contributed by atoms with Crippen LogP contribution in [0.15, 0.2) is 54.6 Å². The second-order valence-corrected chi connectivity index (χ2v) is 4.32. The first-order chi connectivity index (χ1) is 9.20. The number of Topliss-reactive ketones (excluding diaryl/α,β-unsaturated/α-hetero) is 1. The van der Waals surface area contributed by atoms with Crippen LogP contribution in [0.1, 0.15) is 17.3 Å². The largest absolute Gasteiger partial charge is 0.497 e. The van der Waals surface area contributed by atoms with Gasteiger partial charge in [-0.1, -0.05) is 30.3 Å². The van der Waals surface area contributed by atoms with Crippen molar-refractivity contribution in [2.45, 2.75) is 13.0 Å². The number of carbonyl (C=O) groups is 1. The van der Waals surface area contributed by atoms with Gasteiger partial charge in [-0.05, 0) is 31.2 Å². The minimum Gasteiger partial charge on any atom is -0.497 e. The fraction of sp³-hybridized carbons (Fsp3) is 0.188. The van der Waals surface area contributed by atoms with Crippen LogP contribution < -0.4 is 10.1 Å². The van der Waals surface area contributed by atoms with Gasteiger partial charge in [0.2, 0.25) is 0 Å². The molecular formula is C16H17NO2. The number of benzene rings is 2. The summed E-state index contributed by atoms with van der Waals surface area (Å²) in [6.07, 6.45) is 0. The predicted molar refractivity (Wildman–Crippen MR) is 76.9 cm³/mol. The third-order valence-electron chi connectivity index (χ3n) is 2.92. The minimum absolute atomic E-state index is 0.0800. The Morgan fingerprint density at radius 1 is 1.05 bits per heavy atom. The maximum atomic E-state index is 12.2. The van der Waals surface area contributed by atoms with Crippen LogP contribution in [0.25, 0.3) is 0 Å². The number of nitrogens with one attached hydrogen (secondary N) is 1. The van der Waals surface area contributed by atoms with Crippen molar-refractivity contribution in [1.82, 2.24) is 0 Å². The highest BCUT2D eigenvalue weighted by molar-refractivity contribution is 6.01.